The van der Waals surface area contributed by atoms with E-state index in [-0.39, 0.29) is 0 Å². The number of hydrogen-bond acceptors (Lipinski definition) is 2. The average molecular weight is 175 g/mol. The predicted molar refractivity (Wildman–Crippen MR) is 52.5 cm³/mol. The van der Waals surface area contributed by atoms with Crippen LogP contribution >= 0.6 is 0 Å². The van der Waals surface area contributed by atoms with E-state index in [1.165, 1.54) is 0 Å². The van der Waals surface area contributed by atoms with Crippen LogP contribution in [0.4, 0.5) is 0 Å². The molecule has 2 nitrogen and oxygen atoms in total. The minimum Gasteiger partial charge on any atom is -0.382 e. The van der Waals surface area contributed by atoms with Gasteiger partial charge in [-0.25, -0.2) is 0 Å². The van der Waals surface area contributed by atoms with Crippen molar-refractivity contribution in [3.05, 3.63) is 0 Å². The molecule has 0 aromatic carbocycles. The Kier molecular flexibility index (Phi) is 5.82. The summed E-state index contributed by atoms with van der Waals surface area (Å²) in [6, 6.07) is 0. The van der Waals surface area contributed by atoms with Crippen LogP contribution in [0.15, 0.2) is 0 Å². The van der Waals surface area contributed by atoms with Gasteiger partial charge in [-0.05, 0) is 19.9 Å². The number of rotatable bonds is 6. The van der Waals surface area contributed by atoms with Gasteiger partial charge in [0.1, 0.15) is 8.24 Å². The SMILES string of the molecule is CCOCCCN[Si](C)(C)C. The Hall–Kier alpha value is 0.137. The summed E-state index contributed by atoms with van der Waals surface area (Å²) in [4.78, 5) is 3.54. The van der Waals surface area contributed by atoms with E-state index in [2.05, 4.69) is 24.6 Å². The molecule has 0 aromatic heterocycles. The van der Waals surface area contributed by atoms with Crippen LogP contribution in [0, 0.1) is 0 Å². The van der Waals surface area contributed by atoms with Crippen molar-refractivity contribution in [1.29, 1.82) is 0 Å². The van der Waals surface area contributed by atoms with Gasteiger partial charge in [0.15, 0.2) is 0 Å². The first-order chi connectivity index (χ1) is 5.06. The van der Waals surface area contributed by atoms with Gasteiger partial charge in [-0.15, -0.1) is 0 Å². The fourth-order valence-corrected chi connectivity index (χ4v) is 1.71. The van der Waals surface area contributed by atoms with Gasteiger partial charge in [-0.3, -0.25) is 0 Å². The molecule has 0 aliphatic rings. The van der Waals surface area contributed by atoms with Crippen LogP contribution in [-0.4, -0.2) is 28.0 Å². The predicted octanol–water partition coefficient (Wildman–Crippen LogP) is 1.84. The molecule has 0 radical (unpaired) electrons. The molecule has 0 aliphatic carbocycles. The summed E-state index contributed by atoms with van der Waals surface area (Å²) in [5.41, 5.74) is 0. The van der Waals surface area contributed by atoms with Gasteiger partial charge in [-0.2, -0.15) is 0 Å². The van der Waals surface area contributed by atoms with Crippen molar-refractivity contribution < 1.29 is 4.74 Å². The first-order valence-electron chi connectivity index (χ1n) is 4.39. The molecule has 0 unspecified atom stereocenters. The molecule has 0 heterocycles. The molecule has 1 N–H and O–H groups in total. The zero-order chi connectivity index (χ0) is 8.74. The quantitative estimate of drug-likeness (QED) is 0.491. The molecule has 0 spiro atoms. The summed E-state index contributed by atoms with van der Waals surface area (Å²) in [7, 11) is -1.02. The van der Waals surface area contributed by atoms with E-state index in [1.54, 1.807) is 0 Å². The zero-order valence-electron chi connectivity index (χ0n) is 8.24. The molecule has 68 valence electrons. The lowest BCUT2D eigenvalue weighted by atomic mass is 10.5. The second-order valence-corrected chi connectivity index (χ2v) is 8.58. The van der Waals surface area contributed by atoms with Crippen LogP contribution in [0.25, 0.3) is 0 Å². The van der Waals surface area contributed by atoms with Crippen LogP contribution in [0.2, 0.25) is 19.6 Å². The van der Waals surface area contributed by atoms with Gasteiger partial charge < -0.3 is 9.72 Å². The molecular formula is C8H21NOSi. The molecule has 0 aliphatic heterocycles. The van der Waals surface area contributed by atoms with Crippen molar-refractivity contribution >= 4 is 8.24 Å². The first kappa shape index (κ1) is 11.1. The zero-order valence-corrected chi connectivity index (χ0v) is 9.24. The maximum absolute atomic E-state index is 5.22. The van der Waals surface area contributed by atoms with Crippen molar-refractivity contribution in [3.8, 4) is 0 Å². The number of hydrogen-bond donors (Lipinski definition) is 1. The Morgan fingerprint density at radius 3 is 2.36 bits per heavy atom. The van der Waals surface area contributed by atoms with Gasteiger partial charge in [0.2, 0.25) is 0 Å². The van der Waals surface area contributed by atoms with E-state index < -0.39 is 8.24 Å². The summed E-state index contributed by atoms with van der Waals surface area (Å²) < 4.78 is 5.22. The van der Waals surface area contributed by atoms with E-state index in [1.807, 2.05) is 6.92 Å². The van der Waals surface area contributed by atoms with Gasteiger partial charge >= 0.3 is 0 Å². The Balaban J connectivity index is 3.02. The van der Waals surface area contributed by atoms with Crippen LogP contribution in [0.5, 0.6) is 0 Å². The Morgan fingerprint density at radius 2 is 1.91 bits per heavy atom. The highest BCUT2D eigenvalue weighted by molar-refractivity contribution is 6.73. The van der Waals surface area contributed by atoms with E-state index in [0.29, 0.717) is 0 Å². The minimum atomic E-state index is -1.02. The topological polar surface area (TPSA) is 21.3 Å². The highest BCUT2D eigenvalue weighted by Crippen LogP contribution is 1.93. The molecular weight excluding hydrogens is 154 g/mol. The molecule has 0 fully saturated rings. The van der Waals surface area contributed by atoms with Crippen LogP contribution in [-0.2, 0) is 4.74 Å². The maximum Gasteiger partial charge on any atom is 0.116 e. The molecule has 0 amide bonds. The standard InChI is InChI=1S/C8H21NOSi/c1-5-10-8-6-7-9-11(2,3)4/h9H,5-8H2,1-4H3. The molecule has 0 aromatic rings. The fraction of sp³-hybridized carbons (Fsp3) is 1.00. The molecule has 0 saturated heterocycles. The lowest BCUT2D eigenvalue weighted by Crippen LogP contribution is -2.41. The largest absolute Gasteiger partial charge is 0.382 e. The molecule has 0 saturated carbocycles. The maximum atomic E-state index is 5.22. The van der Waals surface area contributed by atoms with Crippen molar-refractivity contribution in [2.45, 2.75) is 33.0 Å². The van der Waals surface area contributed by atoms with Crippen molar-refractivity contribution in [2.24, 2.45) is 0 Å². The van der Waals surface area contributed by atoms with Crippen LogP contribution in [0.1, 0.15) is 13.3 Å². The highest BCUT2D eigenvalue weighted by Gasteiger charge is 2.10. The van der Waals surface area contributed by atoms with Crippen molar-refractivity contribution in [3.63, 3.8) is 0 Å². The van der Waals surface area contributed by atoms with E-state index >= 15 is 0 Å². The van der Waals surface area contributed by atoms with Crippen molar-refractivity contribution in [2.75, 3.05) is 19.8 Å². The van der Waals surface area contributed by atoms with E-state index in [0.717, 1.165) is 26.2 Å². The summed E-state index contributed by atoms with van der Waals surface area (Å²) in [6.07, 6.45) is 1.14. The van der Waals surface area contributed by atoms with E-state index in [9.17, 15) is 0 Å². The fourth-order valence-electron chi connectivity index (χ4n) is 0.782. The number of ether oxygens (including phenoxy) is 1. The molecule has 0 rings (SSSR count). The normalized spacial score (nSPS) is 12.0. The second kappa shape index (κ2) is 5.74. The Morgan fingerprint density at radius 1 is 1.27 bits per heavy atom. The summed E-state index contributed by atoms with van der Waals surface area (Å²) in [5, 5.41) is 0. The van der Waals surface area contributed by atoms with Gasteiger partial charge in [0.25, 0.3) is 0 Å². The second-order valence-electron chi connectivity index (χ2n) is 3.73. The molecule has 0 bridgehead atoms. The van der Waals surface area contributed by atoms with Gasteiger partial charge in [0, 0.05) is 13.2 Å². The third kappa shape index (κ3) is 10.1. The Bertz CT molecular complexity index is 90.6. The lowest BCUT2D eigenvalue weighted by Gasteiger charge is -2.17. The van der Waals surface area contributed by atoms with Crippen molar-refractivity contribution in [1.82, 2.24) is 4.98 Å². The van der Waals surface area contributed by atoms with Gasteiger partial charge in [0.05, 0.1) is 0 Å². The summed E-state index contributed by atoms with van der Waals surface area (Å²) in [5.74, 6) is 0. The summed E-state index contributed by atoms with van der Waals surface area (Å²) in [6.45, 7) is 11.8. The van der Waals surface area contributed by atoms with Crippen LogP contribution in [0.3, 0.4) is 0 Å². The highest BCUT2D eigenvalue weighted by atomic mass is 28.3. The molecule has 0 atom stereocenters. The monoisotopic (exact) mass is 175 g/mol. The first-order valence-corrected chi connectivity index (χ1v) is 7.89. The smallest absolute Gasteiger partial charge is 0.116 e. The molecule has 11 heavy (non-hydrogen) atoms. The van der Waals surface area contributed by atoms with Gasteiger partial charge in [-0.1, -0.05) is 19.6 Å². The average Bonchev–Trinajstić information content (AvgIpc) is 1.85. The minimum absolute atomic E-state index is 0.840. The Labute approximate surface area is 71.4 Å². The van der Waals surface area contributed by atoms with E-state index in [4.69, 9.17) is 4.74 Å². The third-order valence-corrected chi connectivity index (χ3v) is 2.64. The number of nitrogens with one attached hydrogen (secondary N) is 1. The lowest BCUT2D eigenvalue weighted by molar-refractivity contribution is 0.146. The molecule has 3 heteroatoms. The summed E-state index contributed by atoms with van der Waals surface area (Å²) >= 11 is 0. The van der Waals surface area contributed by atoms with Crippen LogP contribution < -0.4 is 4.98 Å². The third-order valence-electron chi connectivity index (χ3n) is 1.32.